The van der Waals surface area contributed by atoms with Crippen LogP contribution in [0.3, 0.4) is 0 Å². The first-order valence-electron chi connectivity index (χ1n) is 6.11. The molecule has 0 aliphatic carbocycles. The molecule has 0 aromatic heterocycles. The van der Waals surface area contributed by atoms with Crippen LogP contribution in [0.25, 0.3) is 10.8 Å². The number of hydrogen-bond acceptors (Lipinski definition) is 2. The number of carbonyl (C=O) groups excluding carboxylic acids is 1. The third-order valence-corrected chi connectivity index (χ3v) is 2.68. The summed E-state index contributed by atoms with van der Waals surface area (Å²) in [6.07, 6.45) is 0.623. The van der Waals surface area contributed by atoms with Crippen molar-refractivity contribution in [2.75, 3.05) is 6.54 Å². The van der Waals surface area contributed by atoms with Crippen LogP contribution in [0.4, 0.5) is 0 Å². The molecule has 0 fully saturated rings. The van der Waals surface area contributed by atoms with Gasteiger partial charge in [-0.3, -0.25) is 4.79 Å². The van der Waals surface area contributed by atoms with Gasteiger partial charge in [0.15, 0.2) is 0 Å². The smallest absolute Gasteiger partial charge is 0.216 e. The van der Waals surface area contributed by atoms with Crippen molar-refractivity contribution in [2.24, 2.45) is 0 Å². The molecule has 2 aromatic rings. The summed E-state index contributed by atoms with van der Waals surface area (Å²) in [5.41, 5.74) is 0.904. The van der Waals surface area contributed by atoms with E-state index in [-0.39, 0.29) is 11.7 Å². The maximum absolute atomic E-state index is 10.7. The summed E-state index contributed by atoms with van der Waals surface area (Å²) in [6.45, 7) is 2.06. The van der Waals surface area contributed by atoms with E-state index < -0.39 is 0 Å². The molecule has 0 saturated heterocycles. The van der Waals surface area contributed by atoms with E-state index in [1.165, 1.54) is 6.92 Å². The molecule has 3 nitrogen and oxygen atoms in total. The van der Waals surface area contributed by atoms with Gasteiger partial charge in [0.05, 0.1) is 0 Å². The molecular formula is C16H15NO2. The lowest BCUT2D eigenvalue weighted by atomic mass is 10.1. The Balaban J connectivity index is 2.09. The highest BCUT2D eigenvalue weighted by Gasteiger charge is 1.96. The molecule has 0 bridgehead atoms. The Morgan fingerprint density at radius 3 is 2.79 bits per heavy atom. The molecule has 19 heavy (non-hydrogen) atoms. The summed E-state index contributed by atoms with van der Waals surface area (Å²) in [5.74, 6) is 6.27. The van der Waals surface area contributed by atoms with Crippen LogP contribution in [-0.4, -0.2) is 17.6 Å². The number of phenols is 1. The molecule has 1 amide bonds. The van der Waals surface area contributed by atoms with E-state index in [0.29, 0.717) is 13.0 Å². The molecule has 2 N–H and O–H groups in total. The Morgan fingerprint density at radius 1 is 1.21 bits per heavy atom. The number of aromatic hydroxyl groups is 1. The SMILES string of the molecule is CC(=O)NCCC#Cc1ccc2ccc(O)cc2c1. The molecule has 0 aliphatic rings. The van der Waals surface area contributed by atoms with Crippen LogP contribution in [0.2, 0.25) is 0 Å². The van der Waals surface area contributed by atoms with Crippen molar-refractivity contribution in [2.45, 2.75) is 13.3 Å². The summed E-state index contributed by atoms with van der Waals surface area (Å²) in [7, 11) is 0. The number of rotatable bonds is 2. The van der Waals surface area contributed by atoms with Crippen molar-refractivity contribution in [3.05, 3.63) is 42.0 Å². The molecule has 0 atom stereocenters. The maximum Gasteiger partial charge on any atom is 0.216 e. The summed E-state index contributed by atoms with van der Waals surface area (Å²) in [4.78, 5) is 10.7. The van der Waals surface area contributed by atoms with E-state index in [2.05, 4.69) is 17.2 Å². The molecule has 0 spiro atoms. The number of hydrogen-bond donors (Lipinski definition) is 2. The third-order valence-electron chi connectivity index (χ3n) is 2.68. The van der Waals surface area contributed by atoms with Gasteiger partial charge in [-0.05, 0) is 35.0 Å². The van der Waals surface area contributed by atoms with Gasteiger partial charge in [0.1, 0.15) is 5.75 Å². The second-order valence-electron chi connectivity index (χ2n) is 4.28. The second-order valence-corrected chi connectivity index (χ2v) is 4.28. The van der Waals surface area contributed by atoms with Crippen molar-refractivity contribution in [1.82, 2.24) is 5.32 Å². The Labute approximate surface area is 112 Å². The first-order chi connectivity index (χ1) is 9.15. The average molecular weight is 253 g/mol. The monoisotopic (exact) mass is 253 g/mol. The summed E-state index contributed by atoms with van der Waals surface area (Å²) >= 11 is 0. The minimum absolute atomic E-state index is 0.0389. The number of fused-ring (bicyclic) bond motifs is 1. The van der Waals surface area contributed by atoms with E-state index in [1.54, 1.807) is 12.1 Å². The molecule has 0 radical (unpaired) electrons. The number of benzene rings is 2. The third kappa shape index (κ3) is 3.75. The zero-order valence-electron chi connectivity index (χ0n) is 10.7. The van der Waals surface area contributed by atoms with E-state index in [4.69, 9.17) is 0 Å². The fraction of sp³-hybridized carbons (Fsp3) is 0.188. The average Bonchev–Trinajstić information content (AvgIpc) is 2.37. The summed E-state index contributed by atoms with van der Waals surface area (Å²) in [6, 6.07) is 11.1. The van der Waals surface area contributed by atoms with Crippen molar-refractivity contribution in [3.8, 4) is 17.6 Å². The Hall–Kier alpha value is -2.47. The van der Waals surface area contributed by atoms with Gasteiger partial charge in [0.2, 0.25) is 5.91 Å². The van der Waals surface area contributed by atoms with Crippen molar-refractivity contribution in [1.29, 1.82) is 0 Å². The molecule has 0 heterocycles. The molecule has 0 aliphatic heterocycles. The minimum Gasteiger partial charge on any atom is -0.508 e. The Kier molecular flexibility index (Phi) is 4.04. The highest BCUT2D eigenvalue weighted by molar-refractivity contribution is 5.85. The summed E-state index contributed by atoms with van der Waals surface area (Å²) in [5, 5.41) is 14.2. The van der Waals surface area contributed by atoms with Gasteiger partial charge >= 0.3 is 0 Å². The predicted octanol–water partition coefficient (Wildman–Crippen LogP) is 2.42. The lowest BCUT2D eigenvalue weighted by molar-refractivity contribution is -0.118. The Bertz CT molecular complexity index is 665. The highest BCUT2D eigenvalue weighted by atomic mass is 16.3. The van der Waals surface area contributed by atoms with Gasteiger partial charge in [-0.25, -0.2) is 0 Å². The van der Waals surface area contributed by atoms with Crippen LogP contribution in [0.1, 0.15) is 18.9 Å². The topological polar surface area (TPSA) is 49.3 Å². The van der Waals surface area contributed by atoms with Crippen LogP contribution in [-0.2, 0) is 4.79 Å². The highest BCUT2D eigenvalue weighted by Crippen LogP contribution is 2.20. The molecule has 0 unspecified atom stereocenters. The maximum atomic E-state index is 10.7. The lowest BCUT2D eigenvalue weighted by Crippen LogP contribution is -2.20. The van der Waals surface area contributed by atoms with Crippen molar-refractivity contribution >= 4 is 16.7 Å². The molecule has 2 aromatic carbocycles. The molecule has 2 rings (SSSR count). The quantitative estimate of drug-likeness (QED) is 0.638. The first kappa shape index (κ1) is 13.0. The van der Waals surface area contributed by atoms with Crippen LogP contribution < -0.4 is 5.32 Å². The zero-order chi connectivity index (χ0) is 13.7. The van der Waals surface area contributed by atoms with Gasteiger partial charge in [0, 0.05) is 25.5 Å². The fourth-order valence-corrected chi connectivity index (χ4v) is 1.78. The van der Waals surface area contributed by atoms with Crippen LogP contribution in [0.15, 0.2) is 36.4 Å². The van der Waals surface area contributed by atoms with Gasteiger partial charge < -0.3 is 10.4 Å². The predicted molar refractivity (Wildman–Crippen MR) is 75.8 cm³/mol. The van der Waals surface area contributed by atoms with Crippen molar-refractivity contribution < 1.29 is 9.90 Å². The normalized spacial score (nSPS) is 9.74. The van der Waals surface area contributed by atoms with E-state index in [9.17, 15) is 9.90 Å². The fourth-order valence-electron chi connectivity index (χ4n) is 1.78. The number of phenolic OH excluding ortho intramolecular Hbond substituents is 1. The summed E-state index contributed by atoms with van der Waals surface area (Å²) < 4.78 is 0. The zero-order valence-corrected chi connectivity index (χ0v) is 10.7. The van der Waals surface area contributed by atoms with Crippen LogP contribution >= 0.6 is 0 Å². The van der Waals surface area contributed by atoms with Crippen molar-refractivity contribution in [3.63, 3.8) is 0 Å². The lowest BCUT2D eigenvalue weighted by Gasteiger charge is -1.99. The Morgan fingerprint density at radius 2 is 2.00 bits per heavy atom. The molecular weight excluding hydrogens is 238 g/mol. The van der Waals surface area contributed by atoms with Crippen LogP contribution in [0.5, 0.6) is 5.75 Å². The minimum atomic E-state index is -0.0389. The van der Waals surface area contributed by atoms with Gasteiger partial charge in [-0.2, -0.15) is 0 Å². The van der Waals surface area contributed by atoms with E-state index in [1.807, 2.05) is 24.3 Å². The van der Waals surface area contributed by atoms with E-state index >= 15 is 0 Å². The molecule has 96 valence electrons. The largest absolute Gasteiger partial charge is 0.508 e. The first-order valence-corrected chi connectivity index (χ1v) is 6.11. The van der Waals surface area contributed by atoms with Gasteiger partial charge in [-0.15, -0.1) is 0 Å². The molecule has 3 heteroatoms. The molecule has 0 saturated carbocycles. The second kappa shape index (κ2) is 5.92. The van der Waals surface area contributed by atoms with Gasteiger partial charge in [-0.1, -0.05) is 24.0 Å². The van der Waals surface area contributed by atoms with Crippen LogP contribution in [0, 0.1) is 11.8 Å². The number of carbonyl (C=O) groups is 1. The standard InChI is InChI=1S/C16H15NO2/c1-12(18)17-9-3-2-4-13-5-6-14-7-8-16(19)11-15(14)10-13/h5-8,10-11,19H,3,9H2,1H3,(H,17,18). The van der Waals surface area contributed by atoms with E-state index in [0.717, 1.165) is 16.3 Å². The number of nitrogens with one attached hydrogen (secondary N) is 1. The number of amides is 1. The van der Waals surface area contributed by atoms with Gasteiger partial charge in [0.25, 0.3) is 0 Å².